The van der Waals surface area contributed by atoms with Crippen LogP contribution in [0.1, 0.15) is 11.1 Å². The Hall–Kier alpha value is -2.78. The van der Waals surface area contributed by atoms with Crippen molar-refractivity contribution in [1.82, 2.24) is 15.4 Å². The van der Waals surface area contributed by atoms with E-state index in [2.05, 4.69) is 20.3 Å². The highest BCUT2D eigenvalue weighted by Crippen LogP contribution is 2.27. The first-order valence-electron chi connectivity index (χ1n) is 9.11. The smallest absolute Gasteiger partial charge is 0.240 e. The summed E-state index contributed by atoms with van der Waals surface area (Å²) >= 11 is 0. The average molecular weight is 421 g/mol. The van der Waals surface area contributed by atoms with Gasteiger partial charge in [-0.15, -0.1) is 0 Å². The van der Waals surface area contributed by atoms with Gasteiger partial charge in [-0.05, 0) is 48.9 Å². The van der Waals surface area contributed by atoms with Crippen molar-refractivity contribution < 1.29 is 17.9 Å². The van der Waals surface area contributed by atoms with Crippen LogP contribution in [-0.4, -0.2) is 49.2 Å². The molecule has 3 N–H and O–H groups in total. The van der Waals surface area contributed by atoms with Crippen molar-refractivity contribution in [2.24, 2.45) is 4.99 Å². The molecular formula is C20H28N4O4S. The number of methoxy groups -OCH3 is 2. The molecule has 0 aliphatic carbocycles. The van der Waals surface area contributed by atoms with Gasteiger partial charge in [0.15, 0.2) is 17.5 Å². The summed E-state index contributed by atoms with van der Waals surface area (Å²) < 4.78 is 36.4. The van der Waals surface area contributed by atoms with Gasteiger partial charge in [0.1, 0.15) is 0 Å². The number of sulfonamides is 1. The molecule has 0 aliphatic rings. The van der Waals surface area contributed by atoms with E-state index in [1.165, 1.54) is 7.05 Å². The predicted molar refractivity (Wildman–Crippen MR) is 114 cm³/mol. The molecule has 158 valence electrons. The molecule has 0 saturated carbocycles. The molecule has 0 atom stereocenters. The van der Waals surface area contributed by atoms with Crippen LogP contribution in [0.4, 0.5) is 0 Å². The summed E-state index contributed by atoms with van der Waals surface area (Å²) in [6.07, 6.45) is 0.789. The zero-order valence-electron chi connectivity index (χ0n) is 17.2. The summed E-state index contributed by atoms with van der Waals surface area (Å²) in [6.45, 7) is 1.21. The number of guanidine groups is 1. The Balaban J connectivity index is 1.85. The third-order valence-corrected chi connectivity index (χ3v) is 5.77. The number of aliphatic imine (C=N–C) groups is 1. The SMILES string of the molecule is CN=C(NCCc1ccc(OC)c(OC)c1)NCc1ccc(S(=O)(=O)NC)cc1. The van der Waals surface area contributed by atoms with E-state index in [4.69, 9.17) is 9.47 Å². The van der Waals surface area contributed by atoms with Gasteiger partial charge in [-0.2, -0.15) is 0 Å². The molecule has 0 fully saturated rings. The third-order valence-electron chi connectivity index (χ3n) is 4.34. The van der Waals surface area contributed by atoms with E-state index in [-0.39, 0.29) is 4.90 Å². The molecule has 2 rings (SSSR count). The van der Waals surface area contributed by atoms with Gasteiger partial charge in [-0.25, -0.2) is 13.1 Å². The summed E-state index contributed by atoms with van der Waals surface area (Å²) in [7, 11) is 2.90. The molecule has 9 heteroatoms. The number of ether oxygens (including phenoxy) is 2. The second-order valence-corrected chi connectivity index (χ2v) is 8.03. The largest absolute Gasteiger partial charge is 0.493 e. The molecule has 0 spiro atoms. The van der Waals surface area contributed by atoms with Crippen LogP contribution in [0, 0.1) is 0 Å². The Kier molecular flexibility index (Phi) is 8.29. The fraction of sp³-hybridized carbons (Fsp3) is 0.350. The summed E-state index contributed by atoms with van der Waals surface area (Å²) in [4.78, 5) is 4.45. The minimum atomic E-state index is -3.42. The molecule has 8 nitrogen and oxygen atoms in total. The Morgan fingerprint density at radius 1 is 0.966 bits per heavy atom. The second kappa shape index (κ2) is 10.7. The Morgan fingerprint density at radius 3 is 2.21 bits per heavy atom. The van der Waals surface area contributed by atoms with Crippen LogP contribution in [0.15, 0.2) is 52.4 Å². The zero-order valence-corrected chi connectivity index (χ0v) is 18.0. The number of hydrogen-bond donors (Lipinski definition) is 3. The summed E-state index contributed by atoms with van der Waals surface area (Å²) in [5, 5.41) is 6.47. The van der Waals surface area contributed by atoms with E-state index in [9.17, 15) is 8.42 Å². The highest BCUT2D eigenvalue weighted by Gasteiger charge is 2.10. The quantitative estimate of drug-likeness (QED) is 0.420. The third kappa shape index (κ3) is 6.37. The topological polar surface area (TPSA) is 101 Å². The lowest BCUT2D eigenvalue weighted by atomic mass is 10.1. The van der Waals surface area contributed by atoms with Crippen LogP contribution >= 0.6 is 0 Å². The molecule has 0 amide bonds. The molecule has 0 radical (unpaired) electrons. The van der Waals surface area contributed by atoms with Crippen molar-refractivity contribution in [3.05, 3.63) is 53.6 Å². The van der Waals surface area contributed by atoms with E-state index in [1.54, 1.807) is 45.5 Å². The van der Waals surface area contributed by atoms with Crippen LogP contribution in [0.2, 0.25) is 0 Å². The zero-order chi connectivity index (χ0) is 21.3. The van der Waals surface area contributed by atoms with Gasteiger partial charge < -0.3 is 20.1 Å². The maximum atomic E-state index is 11.8. The maximum Gasteiger partial charge on any atom is 0.240 e. The number of nitrogens with zero attached hydrogens (tertiary/aromatic N) is 1. The second-order valence-electron chi connectivity index (χ2n) is 6.14. The van der Waals surface area contributed by atoms with E-state index in [1.807, 2.05) is 18.2 Å². The fourth-order valence-corrected chi connectivity index (χ4v) is 3.40. The summed E-state index contributed by atoms with van der Waals surface area (Å²) in [6, 6.07) is 12.5. The molecule has 0 saturated heterocycles. The highest BCUT2D eigenvalue weighted by atomic mass is 32.2. The van der Waals surface area contributed by atoms with Crippen molar-refractivity contribution in [2.75, 3.05) is 34.9 Å². The van der Waals surface area contributed by atoms with E-state index in [0.717, 1.165) is 17.5 Å². The lowest BCUT2D eigenvalue weighted by molar-refractivity contribution is 0.354. The molecule has 29 heavy (non-hydrogen) atoms. The monoisotopic (exact) mass is 420 g/mol. The van der Waals surface area contributed by atoms with Gasteiger partial charge in [0.2, 0.25) is 10.0 Å². The predicted octanol–water partition coefficient (Wildman–Crippen LogP) is 1.52. The molecule has 0 bridgehead atoms. The Labute approximate surface area is 172 Å². The molecule has 2 aromatic rings. The first-order valence-corrected chi connectivity index (χ1v) is 10.6. The van der Waals surface area contributed by atoms with Crippen LogP contribution in [-0.2, 0) is 23.0 Å². The van der Waals surface area contributed by atoms with Gasteiger partial charge in [-0.3, -0.25) is 4.99 Å². The minimum Gasteiger partial charge on any atom is -0.493 e. The minimum absolute atomic E-state index is 0.237. The van der Waals surface area contributed by atoms with Crippen molar-refractivity contribution >= 4 is 16.0 Å². The molecule has 0 heterocycles. The van der Waals surface area contributed by atoms with Gasteiger partial charge in [0, 0.05) is 20.1 Å². The summed E-state index contributed by atoms with van der Waals surface area (Å²) in [5.41, 5.74) is 2.06. The van der Waals surface area contributed by atoms with Crippen molar-refractivity contribution in [3.8, 4) is 11.5 Å². The number of rotatable bonds is 9. The van der Waals surface area contributed by atoms with Crippen LogP contribution in [0.3, 0.4) is 0 Å². The van der Waals surface area contributed by atoms with Gasteiger partial charge in [0.25, 0.3) is 0 Å². The standard InChI is InChI=1S/C20H28N4O4S/c1-21-20(23-12-11-15-7-10-18(27-3)19(13-15)28-4)24-14-16-5-8-17(9-6-16)29(25,26)22-2/h5-10,13,22H,11-12,14H2,1-4H3,(H2,21,23,24). The normalized spacial score (nSPS) is 11.8. The number of hydrogen-bond acceptors (Lipinski definition) is 5. The first-order chi connectivity index (χ1) is 13.9. The van der Waals surface area contributed by atoms with E-state index >= 15 is 0 Å². The van der Waals surface area contributed by atoms with Crippen LogP contribution < -0.4 is 24.8 Å². The van der Waals surface area contributed by atoms with Crippen LogP contribution in [0.5, 0.6) is 11.5 Å². The van der Waals surface area contributed by atoms with Crippen molar-refractivity contribution in [1.29, 1.82) is 0 Å². The Bertz CT molecular complexity index is 928. The number of benzene rings is 2. The van der Waals surface area contributed by atoms with Crippen LogP contribution in [0.25, 0.3) is 0 Å². The van der Waals surface area contributed by atoms with Gasteiger partial charge in [-0.1, -0.05) is 18.2 Å². The highest BCUT2D eigenvalue weighted by molar-refractivity contribution is 7.89. The molecular weight excluding hydrogens is 392 g/mol. The van der Waals surface area contributed by atoms with Gasteiger partial charge in [0.05, 0.1) is 19.1 Å². The van der Waals surface area contributed by atoms with E-state index < -0.39 is 10.0 Å². The van der Waals surface area contributed by atoms with Crippen molar-refractivity contribution in [2.45, 2.75) is 17.9 Å². The fourth-order valence-electron chi connectivity index (χ4n) is 2.67. The lowest BCUT2D eigenvalue weighted by Gasteiger charge is -2.13. The molecule has 2 aromatic carbocycles. The average Bonchev–Trinajstić information content (AvgIpc) is 2.76. The summed E-state index contributed by atoms with van der Waals surface area (Å²) in [5.74, 6) is 2.07. The first kappa shape index (κ1) is 22.5. The molecule has 0 unspecified atom stereocenters. The molecule has 0 aromatic heterocycles. The maximum absolute atomic E-state index is 11.8. The molecule has 0 aliphatic heterocycles. The lowest BCUT2D eigenvalue weighted by Crippen LogP contribution is -2.37. The van der Waals surface area contributed by atoms with Crippen molar-refractivity contribution in [3.63, 3.8) is 0 Å². The number of nitrogens with one attached hydrogen (secondary N) is 3. The Morgan fingerprint density at radius 2 is 1.62 bits per heavy atom. The van der Waals surface area contributed by atoms with Gasteiger partial charge >= 0.3 is 0 Å². The van der Waals surface area contributed by atoms with E-state index in [0.29, 0.717) is 30.5 Å².